The van der Waals surface area contributed by atoms with Gasteiger partial charge in [0.15, 0.2) is 17.3 Å². The minimum absolute atomic E-state index is 0.00550. The van der Waals surface area contributed by atoms with Crippen molar-refractivity contribution in [1.82, 2.24) is 29.6 Å². The average Bonchev–Trinajstić information content (AvgIpc) is 3.56. The molecule has 39 heavy (non-hydrogen) atoms. The molecule has 4 aromatic rings. The number of rotatable bonds is 5. The van der Waals surface area contributed by atoms with Crippen LogP contribution < -0.4 is 16.2 Å². The van der Waals surface area contributed by atoms with E-state index in [4.69, 9.17) is 0 Å². The minimum Gasteiger partial charge on any atom is -0.384 e. The first-order valence-electron chi connectivity index (χ1n) is 12.5. The fourth-order valence-corrected chi connectivity index (χ4v) is 5.05. The number of nitrogens with zero attached hydrogens (tertiary/aromatic N) is 5. The normalized spacial score (nSPS) is 17.7. The predicted molar refractivity (Wildman–Crippen MR) is 135 cm³/mol. The van der Waals surface area contributed by atoms with E-state index in [1.165, 1.54) is 6.07 Å². The van der Waals surface area contributed by atoms with Crippen molar-refractivity contribution in [3.05, 3.63) is 69.5 Å². The van der Waals surface area contributed by atoms with Crippen LogP contribution in [0.2, 0.25) is 0 Å². The van der Waals surface area contributed by atoms with Gasteiger partial charge in [-0.25, -0.2) is 23.7 Å². The van der Waals surface area contributed by atoms with Gasteiger partial charge in [-0.2, -0.15) is 18.2 Å². The molecule has 0 saturated heterocycles. The van der Waals surface area contributed by atoms with Crippen LogP contribution in [-0.4, -0.2) is 42.1 Å². The standard InChI is InChI=1S/C26H25F4N7O2/c1-24(2)17-4-3-15(11-14(17)7-10-32-24)33-23-31-12-16-20(35-23)37(36(22(16)38)13-26(28,29)30)21-18(27)5-6-19(34-21)25(39)8-9-25/h3-6,11-12,32,39H,7-10,13H2,1-2H3,(H,31,33,35). The van der Waals surface area contributed by atoms with Gasteiger partial charge in [-0.3, -0.25) is 4.79 Å². The summed E-state index contributed by atoms with van der Waals surface area (Å²) in [5.74, 6) is -1.54. The van der Waals surface area contributed by atoms with Gasteiger partial charge in [0.1, 0.15) is 17.5 Å². The molecule has 3 aromatic heterocycles. The smallest absolute Gasteiger partial charge is 0.384 e. The number of alkyl halides is 3. The first-order valence-corrected chi connectivity index (χ1v) is 12.5. The molecule has 0 unspecified atom stereocenters. The van der Waals surface area contributed by atoms with Gasteiger partial charge in [0.2, 0.25) is 5.95 Å². The highest BCUT2D eigenvalue weighted by Gasteiger charge is 2.44. The summed E-state index contributed by atoms with van der Waals surface area (Å²) in [7, 11) is 0. The second-order valence-corrected chi connectivity index (χ2v) is 10.6. The van der Waals surface area contributed by atoms with Gasteiger partial charge in [-0.05, 0) is 75.0 Å². The van der Waals surface area contributed by atoms with Gasteiger partial charge in [-0.15, -0.1) is 0 Å². The van der Waals surface area contributed by atoms with Crippen molar-refractivity contribution < 1.29 is 22.7 Å². The summed E-state index contributed by atoms with van der Waals surface area (Å²) >= 11 is 0. The number of nitrogens with one attached hydrogen (secondary N) is 2. The van der Waals surface area contributed by atoms with E-state index in [1.807, 2.05) is 18.2 Å². The molecule has 204 valence electrons. The molecule has 1 fully saturated rings. The fraction of sp³-hybridized carbons (Fsp3) is 0.385. The number of halogens is 4. The zero-order valence-corrected chi connectivity index (χ0v) is 21.1. The lowest BCUT2D eigenvalue weighted by molar-refractivity contribution is -0.144. The Kier molecular flexibility index (Phi) is 5.60. The number of hydrogen-bond acceptors (Lipinski definition) is 7. The summed E-state index contributed by atoms with van der Waals surface area (Å²) < 4.78 is 56.6. The lowest BCUT2D eigenvalue weighted by atomic mass is 9.85. The van der Waals surface area contributed by atoms with Gasteiger partial charge in [0.05, 0.1) is 5.69 Å². The highest BCUT2D eigenvalue weighted by molar-refractivity contribution is 5.77. The molecule has 9 nitrogen and oxygen atoms in total. The molecule has 0 bridgehead atoms. The minimum atomic E-state index is -4.79. The van der Waals surface area contributed by atoms with Crippen LogP contribution in [0.25, 0.3) is 16.9 Å². The number of benzene rings is 1. The molecule has 0 radical (unpaired) electrons. The van der Waals surface area contributed by atoms with Crippen molar-refractivity contribution in [2.75, 3.05) is 11.9 Å². The number of pyridine rings is 1. The molecule has 1 aliphatic carbocycles. The monoisotopic (exact) mass is 543 g/mol. The quantitative estimate of drug-likeness (QED) is 0.329. The Morgan fingerprint density at radius 1 is 1.15 bits per heavy atom. The van der Waals surface area contributed by atoms with E-state index >= 15 is 4.39 Å². The summed E-state index contributed by atoms with van der Waals surface area (Å²) in [6.45, 7) is 3.28. The first-order chi connectivity index (χ1) is 18.3. The van der Waals surface area contributed by atoms with Crippen molar-refractivity contribution in [3.8, 4) is 5.82 Å². The molecular weight excluding hydrogens is 518 g/mol. The fourth-order valence-electron chi connectivity index (χ4n) is 5.05. The maximum atomic E-state index is 15.1. The van der Waals surface area contributed by atoms with Crippen molar-refractivity contribution >= 4 is 22.7 Å². The molecule has 6 rings (SSSR count). The number of aliphatic hydroxyl groups is 1. The Morgan fingerprint density at radius 3 is 2.64 bits per heavy atom. The number of hydrogen-bond donors (Lipinski definition) is 3. The number of anilines is 2. The van der Waals surface area contributed by atoms with Gasteiger partial charge >= 0.3 is 6.18 Å². The van der Waals surface area contributed by atoms with E-state index in [0.717, 1.165) is 36.4 Å². The first kappa shape index (κ1) is 25.4. The molecule has 1 aromatic carbocycles. The Hall–Kier alpha value is -3.84. The third kappa shape index (κ3) is 4.55. The van der Waals surface area contributed by atoms with Gasteiger partial charge < -0.3 is 15.7 Å². The largest absolute Gasteiger partial charge is 0.408 e. The van der Waals surface area contributed by atoms with Crippen molar-refractivity contribution in [1.29, 1.82) is 0 Å². The SMILES string of the molecule is CC1(C)NCCc2cc(Nc3ncc4c(=O)n(CC(F)(F)F)n(-c5nc(C6(O)CC6)ccc5F)c4n3)ccc21. The second kappa shape index (κ2) is 8.58. The highest BCUT2D eigenvalue weighted by atomic mass is 19.4. The lowest BCUT2D eigenvalue weighted by Gasteiger charge is -2.34. The third-order valence-corrected chi connectivity index (χ3v) is 7.23. The average molecular weight is 544 g/mol. The molecular formula is C26H25F4N7O2. The highest BCUT2D eigenvalue weighted by Crippen LogP contribution is 2.44. The van der Waals surface area contributed by atoms with Crippen LogP contribution in [0.1, 0.15) is 43.5 Å². The van der Waals surface area contributed by atoms with Crippen LogP contribution in [0.3, 0.4) is 0 Å². The topological polar surface area (TPSA) is 110 Å². The third-order valence-electron chi connectivity index (χ3n) is 7.23. The zero-order chi connectivity index (χ0) is 27.7. The molecule has 0 atom stereocenters. The summed E-state index contributed by atoms with van der Waals surface area (Å²) in [5.41, 5.74) is 0.247. The summed E-state index contributed by atoms with van der Waals surface area (Å²) in [6.07, 6.45) is -2.10. The van der Waals surface area contributed by atoms with Crippen molar-refractivity contribution in [3.63, 3.8) is 0 Å². The number of aromatic nitrogens is 5. The molecule has 13 heteroatoms. The Balaban J connectivity index is 1.48. The molecule has 1 saturated carbocycles. The van der Waals surface area contributed by atoms with E-state index in [1.54, 1.807) is 0 Å². The maximum absolute atomic E-state index is 15.1. The van der Waals surface area contributed by atoms with Crippen LogP contribution in [-0.2, 0) is 24.1 Å². The second-order valence-electron chi connectivity index (χ2n) is 10.6. The van der Waals surface area contributed by atoms with Crippen LogP contribution in [0, 0.1) is 5.82 Å². The maximum Gasteiger partial charge on any atom is 0.408 e. The molecule has 0 amide bonds. The summed E-state index contributed by atoms with van der Waals surface area (Å²) in [4.78, 5) is 25.6. The molecule has 2 aliphatic rings. The van der Waals surface area contributed by atoms with Crippen molar-refractivity contribution in [2.24, 2.45) is 0 Å². The van der Waals surface area contributed by atoms with Crippen molar-refractivity contribution in [2.45, 2.75) is 57.0 Å². The van der Waals surface area contributed by atoms with Crippen LogP contribution in [0.5, 0.6) is 0 Å². The van der Waals surface area contributed by atoms with E-state index in [0.29, 0.717) is 27.9 Å². The molecule has 0 spiro atoms. The van der Waals surface area contributed by atoms with E-state index in [9.17, 15) is 23.1 Å². The summed E-state index contributed by atoms with van der Waals surface area (Å²) in [6, 6.07) is 8.05. The Labute approximate surface area is 219 Å². The van der Waals surface area contributed by atoms with E-state index in [2.05, 4.69) is 39.4 Å². The van der Waals surface area contributed by atoms with Crippen LogP contribution in [0.15, 0.2) is 41.3 Å². The van der Waals surface area contributed by atoms with E-state index < -0.39 is 35.5 Å². The number of fused-ring (bicyclic) bond motifs is 2. The van der Waals surface area contributed by atoms with E-state index in [-0.39, 0.29) is 28.2 Å². The zero-order valence-electron chi connectivity index (χ0n) is 21.1. The van der Waals surface area contributed by atoms with Crippen LogP contribution in [0.4, 0.5) is 29.2 Å². The molecule has 3 N–H and O–H groups in total. The van der Waals surface area contributed by atoms with Gasteiger partial charge in [0, 0.05) is 17.4 Å². The van der Waals surface area contributed by atoms with Gasteiger partial charge in [0.25, 0.3) is 5.56 Å². The summed E-state index contributed by atoms with van der Waals surface area (Å²) in [5, 5.41) is 16.7. The Bertz CT molecular complexity index is 1670. The lowest BCUT2D eigenvalue weighted by Crippen LogP contribution is -2.42. The van der Waals surface area contributed by atoms with Crippen LogP contribution >= 0.6 is 0 Å². The van der Waals surface area contributed by atoms with Gasteiger partial charge in [-0.1, -0.05) is 6.07 Å². The Morgan fingerprint density at radius 2 is 1.92 bits per heavy atom. The molecule has 1 aliphatic heterocycles. The molecule has 4 heterocycles. The predicted octanol–water partition coefficient (Wildman–Crippen LogP) is 3.78.